The maximum Gasteiger partial charge on any atom is 0.0465 e. The van der Waals surface area contributed by atoms with Gasteiger partial charge in [0.25, 0.3) is 0 Å². The summed E-state index contributed by atoms with van der Waals surface area (Å²) in [5, 5.41) is 0. The highest BCUT2D eigenvalue weighted by Gasteiger charge is 1.94. The molecule has 0 unspecified atom stereocenters. The van der Waals surface area contributed by atoms with Crippen LogP contribution in [-0.2, 0) is 4.74 Å². The summed E-state index contributed by atoms with van der Waals surface area (Å²) in [6, 6.07) is 0. The molecule has 0 radical (unpaired) electrons. The van der Waals surface area contributed by atoms with Crippen LogP contribution in [0.5, 0.6) is 0 Å². The lowest BCUT2D eigenvalue weighted by Gasteiger charge is -2.03. The van der Waals surface area contributed by atoms with Gasteiger partial charge in [-0.3, -0.25) is 0 Å². The molecule has 29 heavy (non-hydrogen) atoms. The third kappa shape index (κ3) is 19.7. The second kappa shape index (κ2) is 18.7. The fraction of sp³-hybridized carbons (Fsp3) is 0.643. The second-order valence-corrected chi connectivity index (χ2v) is 8.77. The normalized spacial score (nSPS) is 13.8. The van der Waals surface area contributed by atoms with Gasteiger partial charge in [-0.05, 0) is 106 Å². The molecule has 1 heteroatoms. The largest absolute Gasteiger partial charge is 0.385 e. The standard InChI is InChI=1S/C28H48O/c1-24(2)14-10-17-27(5)20-11-18-25(3)15-8-9-16-26(4)19-12-21-28(6)22-13-23-29-7/h14-16,20-21H,8-13,17-19,22-23H2,1-7H3/b25-15+,26-16+,27-20+,28-21+. The van der Waals surface area contributed by atoms with Crippen molar-refractivity contribution in [2.24, 2.45) is 0 Å². The predicted octanol–water partition coefficient (Wildman–Crippen LogP) is 9.29. The first-order valence-corrected chi connectivity index (χ1v) is 11.6. The number of allylic oxidation sites excluding steroid dienone is 10. The first-order chi connectivity index (χ1) is 13.8. The fourth-order valence-electron chi connectivity index (χ4n) is 3.24. The van der Waals surface area contributed by atoms with Crippen LogP contribution in [0.3, 0.4) is 0 Å². The van der Waals surface area contributed by atoms with Crippen LogP contribution >= 0.6 is 0 Å². The summed E-state index contributed by atoms with van der Waals surface area (Å²) in [5.74, 6) is 0. The molecule has 0 spiro atoms. The average Bonchev–Trinajstić information content (AvgIpc) is 2.65. The number of hydrogen-bond donors (Lipinski definition) is 0. The zero-order valence-electron chi connectivity index (χ0n) is 20.6. The van der Waals surface area contributed by atoms with Gasteiger partial charge < -0.3 is 4.74 Å². The minimum Gasteiger partial charge on any atom is -0.385 e. The molecule has 0 aromatic rings. The summed E-state index contributed by atoms with van der Waals surface area (Å²) >= 11 is 0. The Kier molecular flexibility index (Phi) is 17.8. The van der Waals surface area contributed by atoms with Crippen molar-refractivity contribution in [2.45, 2.75) is 106 Å². The number of ether oxygens (including phenoxy) is 1. The molecule has 0 heterocycles. The molecule has 0 aliphatic carbocycles. The Bertz CT molecular complexity index is 565. The minimum absolute atomic E-state index is 0.864. The minimum atomic E-state index is 0.864. The van der Waals surface area contributed by atoms with Crippen molar-refractivity contribution < 1.29 is 4.74 Å². The summed E-state index contributed by atoms with van der Waals surface area (Å²) in [5.41, 5.74) is 7.49. The Labute approximate surface area is 182 Å². The molecular formula is C28H48O. The first kappa shape index (κ1) is 27.7. The molecular weight excluding hydrogens is 352 g/mol. The Morgan fingerprint density at radius 3 is 1.31 bits per heavy atom. The van der Waals surface area contributed by atoms with Gasteiger partial charge in [0.15, 0.2) is 0 Å². The van der Waals surface area contributed by atoms with Crippen molar-refractivity contribution in [1.82, 2.24) is 0 Å². The van der Waals surface area contributed by atoms with Crippen LogP contribution in [0.4, 0.5) is 0 Å². The molecule has 0 fully saturated rings. The van der Waals surface area contributed by atoms with E-state index in [1.807, 2.05) is 0 Å². The lowest BCUT2D eigenvalue weighted by Crippen LogP contribution is -1.89. The smallest absolute Gasteiger partial charge is 0.0465 e. The highest BCUT2D eigenvalue weighted by molar-refractivity contribution is 5.07. The van der Waals surface area contributed by atoms with E-state index in [9.17, 15) is 0 Å². The summed E-state index contributed by atoms with van der Waals surface area (Å²) < 4.78 is 5.11. The predicted molar refractivity (Wildman–Crippen MR) is 133 cm³/mol. The van der Waals surface area contributed by atoms with Crippen LogP contribution in [-0.4, -0.2) is 13.7 Å². The first-order valence-electron chi connectivity index (χ1n) is 11.6. The van der Waals surface area contributed by atoms with Crippen LogP contribution in [0.2, 0.25) is 0 Å². The topological polar surface area (TPSA) is 9.23 Å². The van der Waals surface area contributed by atoms with Gasteiger partial charge in [-0.25, -0.2) is 0 Å². The SMILES string of the molecule is COCCC/C(C)=C/CC/C(C)=C/CC/C=C(\C)CC/C=C(\C)CCC=C(C)C. The zero-order valence-corrected chi connectivity index (χ0v) is 20.6. The third-order valence-electron chi connectivity index (χ3n) is 5.23. The molecule has 166 valence electrons. The van der Waals surface area contributed by atoms with Gasteiger partial charge in [-0.2, -0.15) is 0 Å². The second-order valence-electron chi connectivity index (χ2n) is 8.77. The van der Waals surface area contributed by atoms with Crippen molar-refractivity contribution in [2.75, 3.05) is 13.7 Å². The maximum absolute atomic E-state index is 5.11. The van der Waals surface area contributed by atoms with Crippen molar-refractivity contribution in [3.63, 3.8) is 0 Å². The number of rotatable bonds is 16. The molecule has 0 saturated heterocycles. The molecule has 0 aromatic carbocycles. The van der Waals surface area contributed by atoms with Crippen LogP contribution in [0, 0.1) is 0 Å². The molecule has 0 aromatic heterocycles. The maximum atomic E-state index is 5.11. The monoisotopic (exact) mass is 400 g/mol. The fourth-order valence-corrected chi connectivity index (χ4v) is 3.24. The van der Waals surface area contributed by atoms with Crippen LogP contribution in [0.15, 0.2) is 58.2 Å². The summed E-state index contributed by atoms with van der Waals surface area (Å²) in [6.45, 7) is 14.3. The van der Waals surface area contributed by atoms with E-state index in [2.05, 4.69) is 71.9 Å². The van der Waals surface area contributed by atoms with Gasteiger partial charge in [-0.15, -0.1) is 0 Å². The Balaban J connectivity index is 4.00. The Morgan fingerprint density at radius 2 is 0.897 bits per heavy atom. The van der Waals surface area contributed by atoms with E-state index in [0.29, 0.717) is 0 Å². The lowest BCUT2D eigenvalue weighted by molar-refractivity contribution is 0.195. The van der Waals surface area contributed by atoms with Crippen LogP contribution in [0.25, 0.3) is 0 Å². The summed E-state index contributed by atoms with van der Waals surface area (Å²) in [7, 11) is 1.77. The van der Waals surface area contributed by atoms with Gasteiger partial charge >= 0.3 is 0 Å². The van der Waals surface area contributed by atoms with Gasteiger partial charge in [0.2, 0.25) is 0 Å². The van der Waals surface area contributed by atoms with E-state index < -0.39 is 0 Å². The Hall–Kier alpha value is -1.34. The highest BCUT2D eigenvalue weighted by atomic mass is 16.5. The van der Waals surface area contributed by atoms with Crippen LogP contribution < -0.4 is 0 Å². The van der Waals surface area contributed by atoms with Crippen molar-refractivity contribution in [1.29, 1.82) is 0 Å². The van der Waals surface area contributed by atoms with Crippen molar-refractivity contribution in [3.8, 4) is 0 Å². The van der Waals surface area contributed by atoms with E-state index >= 15 is 0 Å². The molecule has 0 atom stereocenters. The number of hydrogen-bond acceptors (Lipinski definition) is 1. The van der Waals surface area contributed by atoms with Gasteiger partial charge in [0.05, 0.1) is 0 Å². The van der Waals surface area contributed by atoms with Crippen LogP contribution in [0.1, 0.15) is 106 Å². The van der Waals surface area contributed by atoms with E-state index in [0.717, 1.165) is 32.3 Å². The Morgan fingerprint density at radius 1 is 0.517 bits per heavy atom. The van der Waals surface area contributed by atoms with E-state index in [-0.39, 0.29) is 0 Å². The van der Waals surface area contributed by atoms with Gasteiger partial charge in [-0.1, -0.05) is 58.2 Å². The summed E-state index contributed by atoms with van der Waals surface area (Å²) in [4.78, 5) is 0. The van der Waals surface area contributed by atoms with E-state index in [1.165, 1.54) is 66.4 Å². The van der Waals surface area contributed by atoms with Crippen molar-refractivity contribution >= 4 is 0 Å². The quantitative estimate of drug-likeness (QED) is 0.185. The van der Waals surface area contributed by atoms with Gasteiger partial charge in [0, 0.05) is 13.7 Å². The molecule has 0 saturated carbocycles. The molecule has 0 bridgehead atoms. The lowest BCUT2D eigenvalue weighted by atomic mass is 10.0. The van der Waals surface area contributed by atoms with Gasteiger partial charge in [0.1, 0.15) is 0 Å². The zero-order chi connectivity index (χ0) is 21.9. The number of unbranched alkanes of at least 4 members (excludes halogenated alkanes) is 1. The number of methoxy groups -OCH3 is 1. The van der Waals surface area contributed by atoms with E-state index in [1.54, 1.807) is 7.11 Å². The molecule has 0 N–H and O–H groups in total. The molecule has 1 nitrogen and oxygen atoms in total. The highest BCUT2D eigenvalue weighted by Crippen LogP contribution is 2.14. The average molecular weight is 401 g/mol. The third-order valence-corrected chi connectivity index (χ3v) is 5.23. The van der Waals surface area contributed by atoms with E-state index in [4.69, 9.17) is 4.74 Å². The molecule has 0 aliphatic rings. The summed E-state index contributed by atoms with van der Waals surface area (Å²) in [6.07, 6.45) is 23.7. The molecule has 0 amide bonds. The molecule has 0 aliphatic heterocycles. The molecule has 0 rings (SSSR count). The van der Waals surface area contributed by atoms with Crippen molar-refractivity contribution in [3.05, 3.63) is 58.2 Å².